The molecule has 0 aliphatic rings. The second-order valence-corrected chi connectivity index (χ2v) is 9.11. The Bertz CT molecular complexity index is 509. The van der Waals surface area contributed by atoms with Gasteiger partial charge in [-0.15, -0.1) is 11.3 Å². The highest BCUT2D eigenvalue weighted by molar-refractivity contribution is 7.89. The van der Waals surface area contributed by atoms with Gasteiger partial charge >= 0.3 is 0 Å². The molecular formula is C15H27NO3S2. The molecule has 0 bridgehead atoms. The number of aliphatic hydroxyl groups excluding tert-OH is 1. The van der Waals surface area contributed by atoms with Gasteiger partial charge in [-0.3, -0.25) is 0 Å². The van der Waals surface area contributed by atoms with Crippen LogP contribution in [0.4, 0.5) is 0 Å². The fraction of sp³-hybridized carbons (Fsp3) is 0.733. The zero-order chi connectivity index (χ0) is 16.0. The molecule has 0 spiro atoms. The molecule has 1 heterocycles. The van der Waals surface area contributed by atoms with Gasteiger partial charge in [-0.25, -0.2) is 8.42 Å². The first kappa shape index (κ1) is 18.6. The number of hydrogen-bond acceptors (Lipinski definition) is 4. The van der Waals surface area contributed by atoms with Crippen molar-refractivity contribution in [3.05, 3.63) is 16.3 Å². The Morgan fingerprint density at radius 2 is 1.67 bits per heavy atom. The van der Waals surface area contributed by atoms with Crippen molar-refractivity contribution in [3.8, 4) is 0 Å². The number of aliphatic hydroxyl groups is 1. The lowest BCUT2D eigenvalue weighted by molar-refractivity contribution is 0.285. The van der Waals surface area contributed by atoms with Crippen molar-refractivity contribution in [2.45, 2.75) is 52.0 Å². The van der Waals surface area contributed by atoms with Crippen molar-refractivity contribution in [2.24, 2.45) is 11.8 Å². The number of rotatable bonds is 9. The molecule has 1 aromatic heterocycles. The summed E-state index contributed by atoms with van der Waals surface area (Å²) in [7, 11) is -3.45. The molecule has 0 saturated heterocycles. The van der Waals surface area contributed by atoms with Crippen LogP contribution in [0.2, 0.25) is 0 Å². The van der Waals surface area contributed by atoms with Gasteiger partial charge in [-0.05, 0) is 30.7 Å². The van der Waals surface area contributed by atoms with Crippen molar-refractivity contribution in [1.29, 1.82) is 0 Å². The van der Waals surface area contributed by atoms with Crippen LogP contribution >= 0.6 is 11.3 Å². The summed E-state index contributed by atoms with van der Waals surface area (Å²) in [5, 5.41) is 10.7. The molecule has 0 aromatic carbocycles. The summed E-state index contributed by atoms with van der Waals surface area (Å²) in [6.07, 6.45) is 1.71. The van der Waals surface area contributed by atoms with E-state index in [1.165, 1.54) is 11.3 Å². The average molecular weight is 334 g/mol. The molecule has 0 saturated carbocycles. The van der Waals surface area contributed by atoms with Crippen LogP contribution in [-0.2, 0) is 16.6 Å². The van der Waals surface area contributed by atoms with E-state index in [-0.39, 0.29) is 6.61 Å². The molecule has 0 radical (unpaired) electrons. The van der Waals surface area contributed by atoms with E-state index in [4.69, 9.17) is 5.11 Å². The summed E-state index contributed by atoms with van der Waals surface area (Å²) in [5.41, 5.74) is 0. The quantitative estimate of drug-likeness (QED) is 0.754. The number of nitrogens with zero attached hydrogens (tertiary/aromatic N) is 1. The Labute approximate surface area is 132 Å². The van der Waals surface area contributed by atoms with Crippen LogP contribution in [0.25, 0.3) is 0 Å². The van der Waals surface area contributed by atoms with Crippen LogP contribution in [0.1, 0.15) is 45.4 Å². The Morgan fingerprint density at radius 1 is 1.14 bits per heavy atom. The lowest BCUT2D eigenvalue weighted by Gasteiger charge is -2.23. The lowest BCUT2D eigenvalue weighted by atomic mass is 10.1. The molecule has 1 rings (SSSR count). The maximum absolute atomic E-state index is 12.7. The summed E-state index contributed by atoms with van der Waals surface area (Å²) in [4.78, 5) is 0.991. The van der Waals surface area contributed by atoms with Gasteiger partial charge in [0.15, 0.2) is 0 Å². The van der Waals surface area contributed by atoms with Crippen molar-refractivity contribution >= 4 is 21.4 Å². The van der Waals surface area contributed by atoms with Crippen LogP contribution < -0.4 is 0 Å². The molecule has 0 aliphatic carbocycles. The van der Waals surface area contributed by atoms with E-state index in [1.807, 2.05) is 0 Å². The van der Waals surface area contributed by atoms with E-state index in [1.54, 1.807) is 15.8 Å². The minimum atomic E-state index is -3.45. The summed E-state index contributed by atoms with van der Waals surface area (Å²) < 4.78 is 27.1. The second-order valence-electron chi connectivity index (χ2n) is 6.18. The van der Waals surface area contributed by atoms with Gasteiger partial charge in [-0.1, -0.05) is 27.7 Å². The minimum absolute atomic E-state index is 0.113. The molecule has 122 valence electrons. The maximum Gasteiger partial charge on any atom is 0.243 e. The third-order valence-electron chi connectivity index (χ3n) is 3.34. The summed E-state index contributed by atoms with van der Waals surface area (Å²) in [5.74, 6) is 0.939. The summed E-state index contributed by atoms with van der Waals surface area (Å²) in [6, 6.07) is 1.58. The third-order valence-corrected chi connectivity index (χ3v) is 6.28. The molecule has 0 aliphatic heterocycles. The van der Waals surface area contributed by atoms with Gasteiger partial charge < -0.3 is 5.11 Å². The zero-order valence-corrected chi connectivity index (χ0v) is 15.0. The van der Waals surface area contributed by atoms with Crippen LogP contribution in [0.3, 0.4) is 0 Å². The van der Waals surface area contributed by atoms with Crippen molar-refractivity contribution in [3.63, 3.8) is 0 Å². The SMILES string of the molecule is CC(C)CCN(CCC(C)C)S(=O)(=O)c1csc(CO)c1. The highest BCUT2D eigenvalue weighted by atomic mass is 32.2. The van der Waals surface area contributed by atoms with E-state index in [0.29, 0.717) is 34.7 Å². The van der Waals surface area contributed by atoms with Crippen molar-refractivity contribution in [2.75, 3.05) is 13.1 Å². The van der Waals surface area contributed by atoms with Crippen LogP contribution in [0, 0.1) is 11.8 Å². The number of hydrogen-bond donors (Lipinski definition) is 1. The Hall–Kier alpha value is -0.430. The minimum Gasteiger partial charge on any atom is -0.391 e. The van der Waals surface area contributed by atoms with Crippen LogP contribution in [0.5, 0.6) is 0 Å². The zero-order valence-electron chi connectivity index (χ0n) is 13.4. The third kappa shape index (κ3) is 5.70. The molecule has 0 atom stereocenters. The molecule has 1 aromatic rings. The maximum atomic E-state index is 12.7. The molecule has 0 fully saturated rings. The Balaban J connectivity index is 2.92. The first-order chi connectivity index (χ1) is 9.77. The van der Waals surface area contributed by atoms with E-state index >= 15 is 0 Å². The van der Waals surface area contributed by atoms with Gasteiger partial charge in [0.25, 0.3) is 0 Å². The fourth-order valence-electron chi connectivity index (χ4n) is 1.88. The Kier molecular flexibility index (Phi) is 7.33. The largest absolute Gasteiger partial charge is 0.391 e. The van der Waals surface area contributed by atoms with E-state index in [2.05, 4.69) is 27.7 Å². The molecule has 1 N–H and O–H groups in total. The first-order valence-corrected chi connectivity index (χ1v) is 9.77. The van der Waals surface area contributed by atoms with Crippen LogP contribution in [-0.4, -0.2) is 30.9 Å². The normalized spacial score (nSPS) is 12.8. The first-order valence-electron chi connectivity index (χ1n) is 7.45. The van der Waals surface area contributed by atoms with Crippen LogP contribution in [0.15, 0.2) is 16.3 Å². The predicted molar refractivity (Wildman–Crippen MR) is 87.9 cm³/mol. The molecule has 6 heteroatoms. The topological polar surface area (TPSA) is 57.6 Å². The number of thiophene rings is 1. The standard InChI is InChI=1S/C15H27NO3S2/c1-12(2)5-7-16(8-6-13(3)4)21(18,19)15-9-14(10-17)20-11-15/h9,11-13,17H,5-8,10H2,1-4H3. The van der Waals surface area contributed by atoms with Gasteiger partial charge in [0.2, 0.25) is 10.0 Å². The number of sulfonamides is 1. The second kappa shape index (κ2) is 8.27. The molecule has 4 nitrogen and oxygen atoms in total. The molecule has 21 heavy (non-hydrogen) atoms. The highest BCUT2D eigenvalue weighted by Crippen LogP contribution is 2.24. The Morgan fingerprint density at radius 3 is 2.05 bits per heavy atom. The lowest BCUT2D eigenvalue weighted by Crippen LogP contribution is -2.34. The highest BCUT2D eigenvalue weighted by Gasteiger charge is 2.25. The molecule has 0 unspecified atom stereocenters. The van der Waals surface area contributed by atoms with Gasteiger partial charge in [-0.2, -0.15) is 4.31 Å². The van der Waals surface area contributed by atoms with E-state index in [9.17, 15) is 8.42 Å². The summed E-state index contributed by atoms with van der Waals surface area (Å²) in [6.45, 7) is 9.39. The van der Waals surface area contributed by atoms with E-state index in [0.717, 1.165) is 12.8 Å². The van der Waals surface area contributed by atoms with Gasteiger partial charge in [0.1, 0.15) is 0 Å². The van der Waals surface area contributed by atoms with Crippen molar-refractivity contribution < 1.29 is 13.5 Å². The molecule has 0 amide bonds. The van der Waals surface area contributed by atoms with Crippen molar-refractivity contribution in [1.82, 2.24) is 4.31 Å². The van der Waals surface area contributed by atoms with E-state index < -0.39 is 10.0 Å². The summed E-state index contributed by atoms with van der Waals surface area (Å²) >= 11 is 1.29. The molecular weight excluding hydrogens is 306 g/mol. The van der Waals surface area contributed by atoms with Gasteiger partial charge in [0.05, 0.1) is 11.5 Å². The predicted octanol–water partition coefficient (Wildman–Crippen LogP) is 3.32. The fourth-order valence-corrected chi connectivity index (χ4v) is 4.48. The smallest absolute Gasteiger partial charge is 0.243 e. The van der Waals surface area contributed by atoms with Gasteiger partial charge in [0, 0.05) is 23.3 Å². The average Bonchev–Trinajstić information content (AvgIpc) is 2.87. The monoisotopic (exact) mass is 333 g/mol.